The lowest BCUT2D eigenvalue weighted by Gasteiger charge is -2.14. The lowest BCUT2D eigenvalue weighted by Crippen LogP contribution is -2.07. The second kappa shape index (κ2) is 3.58. The molecule has 0 aliphatic carbocycles. The van der Waals surface area contributed by atoms with Gasteiger partial charge >= 0.3 is 0 Å². The SMILES string of the molecule is CC(C)(C)c1ccc([S+]([O-])Cl)s1. The monoisotopic (exact) mass is 222 g/mol. The molecule has 4 heteroatoms. The fourth-order valence-electron chi connectivity index (χ4n) is 0.809. The highest BCUT2D eigenvalue weighted by Gasteiger charge is 2.20. The van der Waals surface area contributed by atoms with Gasteiger partial charge in [-0.15, -0.1) is 0 Å². The highest BCUT2D eigenvalue weighted by molar-refractivity contribution is 8.15. The van der Waals surface area contributed by atoms with Crippen molar-refractivity contribution in [2.75, 3.05) is 0 Å². The van der Waals surface area contributed by atoms with Crippen LogP contribution in [-0.4, -0.2) is 4.55 Å². The van der Waals surface area contributed by atoms with E-state index in [0.717, 1.165) is 4.21 Å². The number of hydrogen-bond acceptors (Lipinski definition) is 2. The molecule has 0 aliphatic rings. The molecule has 1 heterocycles. The normalized spacial score (nSPS) is 14.8. The van der Waals surface area contributed by atoms with Crippen LogP contribution in [0.4, 0.5) is 0 Å². The first-order chi connectivity index (χ1) is 5.41. The van der Waals surface area contributed by atoms with Crippen LogP contribution >= 0.6 is 22.0 Å². The van der Waals surface area contributed by atoms with Gasteiger partial charge in [-0.1, -0.05) is 32.1 Å². The van der Waals surface area contributed by atoms with E-state index in [1.54, 1.807) is 0 Å². The molecule has 0 aromatic carbocycles. The summed E-state index contributed by atoms with van der Waals surface area (Å²) >= 11 is 1.52. The summed E-state index contributed by atoms with van der Waals surface area (Å²) in [5.74, 6) is 0. The molecule has 0 saturated carbocycles. The highest BCUT2D eigenvalue weighted by atomic mass is 35.7. The van der Waals surface area contributed by atoms with Gasteiger partial charge in [0.15, 0.2) is 10.7 Å². The molecule has 0 N–H and O–H groups in total. The van der Waals surface area contributed by atoms with Crippen molar-refractivity contribution in [3.8, 4) is 0 Å². The fourth-order valence-corrected chi connectivity index (χ4v) is 2.75. The summed E-state index contributed by atoms with van der Waals surface area (Å²) in [4.78, 5) is 1.21. The third-order valence-electron chi connectivity index (χ3n) is 1.48. The third-order valence-corrected chi connectivity index (χ3v) is 4.71. The zero-order chi connectivity index (χ0) is 9.35. The molecule has 1 rings (SSSR count). The third kappa shape index (κ3) is 2.39. The van der Waals surface area contributed by atoms with Crippen molar-refractivity contribution in [2.45, 2.75) is 30.4 Å². The van der Waals surface area contributed by atoms with E-state index in [1.807, 2.05) is 12.1 Å². The van der Waals surface area contributed by atoms with Crippen LogP contribution in [0, 0.1) is 0 Å². The van der Waals surface area contributed by atoms with Gasteiger partial charge in [-0.2, -0.15) is 0 Å². The quantitative estimate of drug-likeness (QED) is 0.669. The Hall–Kier alpha value is 0.300. The van der Waals surface area contributed by atoms with Gasteiger partial charge < -0.3 is 4.55 Å². The largest absolute Gasteiger partial charge is 0.593 e. The summed E-state index contributed by atoms with van der Waals surface area (Å²) in [7, 11) is 4.10. The molecule has 0 spiro atoms. The van der Waals surface area contributed by atoms with Crippen LogP contribution < -0.4 is 0 Å². The number of hydrogen-bond donors (Lipinski definition) is 0. The lowest BCUT2D eigenvalue weighted by molar-refractivity contribution is 0.604. The van der Waals surface area contributed by atoms with E-state index in [9.17, 15) is 4.55 Å². The van der Waals surface area contributed by atoms with Crippen LogP contribution in [0.25, 0.3) is 0 Å². The first-order valence-corrected chi connectivity index (χ1v) is 6.39. The molecule has 1 nitrogen and oxygen atoms in total. The highest BCUT2D eigenvalue weighted by Crippen LogP contribution is 2.32. The van der Waals surface area contributed by atoms with Gasteiger partial charge in [0.25, 0.3) is 0 Å². The smallest absolute Gasteiger partial charge is 0.227 e. The maximum Gasteiger partial charge on any atom is 0.227 e. The first kappa shape index (κ1) is 10.4. The molecule has 12 heavy (non-hydrogen) atoms. The average Bonchev–Trinajstić information content (AvgIpc) is 2.30. The van der Waals surface area contributed by atoms with Crippen LogP contribution in [0.15, 0.2) is 16.3 Å². The van der Waals surface area contributed by atoms with E-state index in [-0.39, 0.29) is 5.41 Å². The summed E-state index contributed by atoms with van der Waals surface area (Å²) in [5, 5.41) is 0. The first-order valence-electron chi connectivity index (χ1n) is 3.59. The van der Waals surface area contributed by atoms with E-state index in [2.05, 4.69) is 20.8 Å². The van der Waals surface area contributed by atoms with E-state index in [1.165, 1.54) is 16.2 Å². The van der Waals surface area contributed by atoms with E-state index >= 15 is 0 Å². The second-order valence-electron chi connectivity index (χ2n) is 3.59. The van der Waals surface area contributed by atoms with Gasteiger partial charge in [-0.3, -0.25) is 0 Å². The summed E-state index contributed by atoms with van der Waals surface area (Å²) < 4.78 is 11.6. The Morgan fingerprint density at radius 2 is 2.00 bits per heavy atom. The van der Waals surface area contributed by atoms with Crippen LogP contribution in [0.2, 0.25) is 0 Å². The molecule has 0 fully saturated rings. The topological polar surface area (TPSA) is 23.1 Å². The predicted octanol–water partition coefficient (Wildman–Crippen LogP) is 3.31. The number of halogens is 1. The number of rotatable bonds is 1. The van der Waals surface area contributed by atoms with Gasteiger partial charge in [0.1, 0.15) is 10.4 Å². The zero-order valence-corrected chi connectivity index (χ0v) is 9.65. The van der Waals surface area contributed by atoms with Crippen molar-refractivity contribution in [2.24, 2.45) is 0 Å². The molecule has 1 aromatic rings. The standard InChI is InChI=1S/C8H11ClOS2/c1-8(2,3)6-4-5-7(11-6)12(9)10/h4-5H,1-3H3. The van der Waals surface area contributed by atoms with Gasteiger partial charge in [-0.25, -0.2) is 0 Å². The maximum absolute atomic E-state index is 10.9. The zero-order valence-electron chi connectivity index (χ0n) is 7.26. The Bertz CT molecular complexity index is 262. The minimum absolute atomic E-state index is 0.124. The Morgan fingerprint density at radius 3 is 2.25 bits per heavy atom. The van der Waals surface area contributed by atoms with Crippen molar-refractivity contribution in [1.29, 1.82) is 0 Å². The molecule has 0 amide bonds. The maximum atomic E-state index is 10.9. The van der Waals surface area contributed by atoms with Crippen LogP contribution in [0.3, 0.4) is 0 Å². The molecular formula is C8H11ClOS2. The number of thiophene rings is 1. The van der Waals surface area contributed by atoms with Crippen molar-refractivity contribution < 1.29 is 4.55 Å². The van der Waals surface area contributed by atoms with Crippen molar-refractivity contribution in [1.82, 2.24) is 0 Å². The van der Waals surface area contributed by atoms with Crippen LogP contribution in [0.1, 0.15) is 25.6 Å². The Balaban J connectivity index is 2.92. The van der Waals surface area contributed by atoms with E-state index < -0.39 is 10.4 Å². The molecule has 0 bridgehead atoms. The Kier molecular flexibility index (Phi) is 3.10. The molecule has 1 aromatic heterocycles. The van der Waals surface area contributed by atoms with Gasteiger partial charge in [0.2, 0.25) is 4.21 Å². The van der Waals surface area contributed by atoms with Gasteiger partial charge in [-0.05, 0) is 11.5 Å². The summed E-state index contributed by atoms with van der Waals surface area (Å²) in [6.07, 6.45) is 0. The van der Waals surface area contributed by atoms with Crippen LogP contribution in [-0.2, 0) is 15.8 Å². The second-order valence-corrected chi connectivity index (χ2v) is 6.66. The Morgan fingerprint density at radius 1 is 1.42 bits per heavy atom. The van der Waals surface area contributed by atoms with Crippen molar-refractivity contribution >= 4 is 32.4 Å². The average molecular weight is 223 g/mol. The predicted molar refractivity (Wildman–Crippen MR) is 55.3 cm³/mol. The summed E-state index contributed by atoms with van der Waals surface area (Å²) in [5.41, 5.74) is 0.124. The molecule has 68 valence electrons. The Labute approximate surface area is 84.4 Å². The van der Waals surface area contributed by atoms with Gasteiger partial charge in [0, 0.05) is 10.9 Å². The summed E-state index contributed by atoms with van der Waals surface area (Å²) in [6.45, 7) is 6.37. The van der Waals surface area contributed by atoms with Crippen molar-refractivity contribution in [3.63, 3.8) is 0 Å². The minimum Gasteiger partial charge on any atom is -0.593 e. The van der Waals surface area contributed by atoms with Gasteiger partial charge in [0.05, 0.1) is 0 Å². The fraction of sp³-hybridized carbons (Fsp3) is 0.500. The molecular weight excluding hydrogens is 212 g/mol. The molecule has 1 atom stereocenters. The minimum atomic E-state index is -1.35. The van der Waals surface area contributed by atoms with E-state index in [0.29, 0.717) is 0 Å². The molecule has 1 unspecified atom stereocenters. The molecule has 0 saturated heterocycles. The van der Waals surface area contributed by atoms with E-state index in [4.69, 9.17) is 10.7 Å². The molecule has 0 radical (unpaired) electrons. The van der Waals surface area contributed by atoms with Crippen molar-refractivity contribution in [3.05, 3.63) is 17.0 Å². The lowest BCUT2D eigenvalue weighted by atomic mass is 9.95. The van der Waals surface area contributed by atoms with Crippen LogP contribution in [0.5, 0.6) is 0 Å². The molecule has 0 aliphatic heterocycles. The summed E-state index contributed by atoms with van der Waals surface area (Å²) in [6, 6.07) is 3.81.